The summed E-state index contributed by atoms with van der Waals surface area (Å²) in [6.07, 6.45) is 3.75. The first kappa shape index (κ1) is 25.6. The summed E-state index contributed by atoms with van der Waals surface area (Å²) in [5.41, 5.74) is 9.14. The van der Waals surface area contributed by atoms with Crippen molar-refractivity contribution in [3.63, 3.8) is 0 Å². The minimum atomic E-state index is 1.04. The highest BCUT2D eigenvalue weighted by Crippen LogP contribution is 2.40. The van der Waals surface area contributed by atoms with Crippen LogP contribution in [0.5, 0.6) is 0 Å². The number of fused-ring (bicyclic) bond motifs is 12. The molecule has 11 rings (SSSR count). The Hall–Kier alpha value is -6.52. The first-order valence-electron chi connectivity index (χ1n) is 16.3. The molecular formula is C44H26N4. The molecule has 0 atom stereocenters. The van der Waals surface area contributed by atoms with Crippen LogP contribution >= 0.6 is 0 Å². The van der Waals surface area contributed by atoms with E-state index >= 15 is 0 Å². The Morgan fingerprint density at radius 3 is 1.27 bits per heavy atom. The molecule has 4 heterocycles. The zero-order chi connectivity index (χ0) is 31.3. The van der Waals surface area contributed by atoms with Crippen LogP contribution in [-0.4, -0.2) is 19.1 Å². The highest BCUT2D eigenvalue weighted by molar-refractivity contribution is 6.19. The van der Waals surface area contributed by atoms with Crippen LogP contribution in [0, 0.1) is 0 Å². The van der Waals surface area contributed by atoms with E-state index in [1.807, 2.05) is 24.5 Å². The van der Waals surface area contributed by atoms with E-state index in [1.165, 1.54) is 65.2 Å². The molecule has 0 aliphatic carbocycles. The summed E-state index contributed by atoms with van der Waals surface area (Å²) < 4.78 is 4.85. The Morgan fingerprint density at radius 1 is 0.312 bits per heavy atom. The molecule has 0 saturated heterocycles. The SMILES string of the molecule is c1cnc2c(c1)ccc1cc(-n3c4ccccc4c4cc5c(cc43)c3ccccc3n5-c3ccc4c(ccc5cccnc54)c3)ccc12. The lowest BCUT2D eigenvalue weighted by molar-refractivity contribution is 1.18. The Morgan fingerprint density at radius 2 is 0.771 bits per heavy atom. The van der Waals surface area contributed by atoms with Crippen molar-refractivity contribution in [2.45, 2.75) is 0 Å². The average Bonchev–Trinajstić information content (AvgIpc) is 3.65. The predicted octanol–water partition coefficient (Wildman–Crippen LogP) is 11.3. The molecule has 222 valence electrons. The molecule has 11 aromatic rings. The van der Waals surface area contributed by atoms with E-state index in [2.05, 4.69) is 143 Å². The molecule has 48 heavy (non-hydrogen) atoms. The maximum Gasteiger partial charge on any atom is 0.0780 e. The lowest BCUT2D eigenvalue weighted by atomic mass is 10.1. The van der Waals surface area contributed by atoms with Gasteiger partial charge in [0.1, 0.15) is 0 Å². The molecular weight excluding hydrogens is 585 g/mol. The second-order valence-electron chi connectivity index (χ2n) is 12.7. The first-order chi connectivity index (χ1) is 23.8. The summed E-state index contributed by atoms with van der Waals surface area (Å²) in [6, 6.07) is 52.9. The van der Waals surface area contributed by atoms with Gasteiger partial charge in [-0.05, 0) is 71.4 Å². The van der Waals surface area contributed by atoms with Gasteiger partial charge in [0, 0.05) is 66.9 Å². The fourth-order valence-electron chi connectivity index (χ4n) is 7.99. The zero-order valence-electron chi connectivity index (χ0n) is 25.8. The van der Waals surface area contributed by atoms with Crippen LogP contribution in [0.3, 0.4) is 0 Å². The van der Waals surface area contributed by atoms with Gasteiger partial charge in [-0.2, -0.15) is 0 Å². The van der Waals surface area contributed by atoms with E-state index < -0.39 is 0 Å². The Labute approximate surface area is 274 Å². The van der Waals surface area contributed by atoms with Crippen LogP contribution in [0.1, 0.15) is 0 Å². The molecule has 0 radical (unpaired) electrons. The molecule has 0 bridgehead atoms. The molecule has 0 unspecified atom stereocenters. The first-order valence-corrected chi connectivity index (χ1v) is 16.3. The average molecular weight is 611 g/mol. The van der Waals surface area contributed by atoms with E-state index in [0.29, 0.717) is 0 Å². The molecule has 4 aromatic heterocycles. The number of aromatic nitrogens is 4. The third-order valence-corrected chi connectivity index (χ3v) is 10.1. The molecule has 7 aromatic carbocycles. The number of hydrogen-bond donors (Lipinski definition) is 0. The third-order valence-electron chi connectivity index (χ3n) is 10.1. The van der Waals surface area contributed by atoms with E-state index in [-0.39, 0.29) is 0 Å². The molecule has 0 spiro atoms. The summed E-state index contributed by atoms with van der Waals surface area (Å²) in [7, 11) is 0. The maximum atomic E-state index is 4.71. The Kier molecular flexibility index (Phi) is 5.08. The van der Waals surface area contributed by atoms with E-state index in [1.54, 1.807) is 0 Å². The monoisotopic (exact) mass is 610 g/mol. The number of para-hydroxylation sites is 2. The van der Waals surface area contributed by atoms with E-state index in [9.17, 15) is 0 Å². The van der Waals surface area contributed by atoms with Crippen molar-refractivity contribution in [1.82, 2.24) is 19.1 Å². The van der Waals surface area contributed by atoms with Gasteiger partial charge in [-0.15, -0.1) is 0 Å². The van der Waals surface area contributed by atoms with E-state index in [0.717, 1.165) is 33.2 Å². The standard InChI is InChI=1S/C44H26N4/c1-3-11-39-35(9-1)37-25-42-38(26-41(37)47(39)31-17-19-33-29(23-31)15-13-27-7-5-21-45-43(27)33)36-10-2-4-12-40(36)48(42)32-18-20-34-30(24-32)16-14-28-8-6-22-46-44(28)34/h1-26H. The minimum absolute atomic E-state index is 1.04. The van der Waals surface area contributed by atoms with Crippen LogP contribution in [0.4, 0.5) is 0 Å². The van der Waals surface area contributed by atoms with Gasteiger partial charge in [0.15, 0.2) is 0 Å². The lowest BCUT2D eigenvalue weighted by Crippen LogP contribution is -1.95. The molecule has 0 amide bonds. The number of hydrogen-bond acceptors (Lipinski definition) is 2. The zero-order valence-corrected chi connectivity index (χ0v) is 25.8. The van der Waals surface area contributed by atoms with Crippen molar-refractivity contribution < 1.29 is 0 Å². The van der Waals surface area contributed by atoms with Gasteiger partial charge in [0.2, 0.25) is 0 Å². The molecule has 0 aliphatic rings. The molecule has 0 N–H and O–H groups in total. The van der Waals surface area contributed by atoms with Gasteiger partial charge in [0.25, 0.3) is 0 Å². The highest BCUT2D eigenvalue weighted by atomic mass is 15.0. The number of rotatable bonds is 2. The van der Waals surface area contributed by atoms with Gasteiger partial charge in [0.05, 0.1) is 33.1 Å². The van der Waals surface area contributed by atoms with Crippen molar-refractivity contribution in [3.05, 3.63) is 158 Å². The topological polar surface area (TPSA) is 35.6 Å². The summed E-state index contributed by atoms with van der Waals surface area (Å²) in [5, 5.41) is 12.0. The molecule has 0 aliphatic heterocycles. The van der Waals surface area contributed by atoms with Gasteiger partial charge < -0.3 is 9.13 Å². The summed E-state index contributed by atoms with van der Waals surface area (Å²) >= 11 is 0. The minimum Gasteiger partial charge on any atom is -0.309 e. The maximum absolute atomic E-state index is 4.71. The second kappa shape index (κ2) is 9.50. The van der Waals surface area contributed by atoms with Crippen molar-refractivity contribution in [1.29, 1.82) is 0 Å². The number of benzene rings is 7. The molecule has 0 saturated carbocycles. The van der Waals surface area contributed by atoms with E-state index in [4.69, 9.17) is 9.97 Å². The smallest absolute Gasteiger partial charge is 0.0780 e. The largest absolute Gasteiger partial charge is 0.309 e. The van der Waals surface area contributed by atoms with Crippen molar-refractivity contribution in [2.75, 3.05) is 0 Å². The lowest BCUT2D eigenvalue weighted by Gasteiger charge is -2.11. The Balaban J connectivity index is 1.20. The normalized spacial score (nSPS) is 12.2. The van der Waals surface area contributed by atoms with Crippen molar-refractivity contribution in [3.8, 4) is 11.4 Å². The second-order valence-corrected chi connectivity index (χ2v) is 12.7. The van der Waals surface area contributed by atoms with Crippen LogP contribution in [0.2, 0.25) is 0 Å². The van der Waals surface area contributed by atoms with Crippen LogP contribution in [-0.2, 0) is 0 Å². The van der Waals surface area contributed by atoms with Crippen LogP contribution in [0.15, 0.2) is 158 Å². The number of pyridine rings is 2. The third kappa shape index (κ3) is 3.49. The van der Waals surface area contributed by atoms with Crippen LogP contribution < -0.4 is 0 Å². The summed E-state index contributed by atoms with van der Waals surface area (Å²) in [4.78, 5) is 9.42. The highest BCUT2D eigenvalue weighted by Gasteiger charge is 2.19. The molecule has 4 heteroatoms. The number of nitrogens with zero attached hydrogens (tertiary/aromatic N) is 4. The van der Waals surface area contributed by atoms with Gasteiger partial charge in [-0.25, -0.2) is 0 Å². The van der Waals surface area contributed by atoms with Gasteiger partial charge >= 0.3 is 0 Å². The van der Waals surface area contributed by atoms with Gasteiger partial charge in [-0.1, -0.05) is 84.9 Å². The predicted molar refractivity (Wildman–Crippen MR) is 201 cm³/mol. The van der Waals surface area contributed by atoms with Crippen molar-refractivity contribution >= 4 is 87.0 Å². The fourth-order valence-corrected chi connectivity index (χ4v) is 7.99. The quantitative estimate of drug-likeness (QED) is 0.183. The van der Waals surface area contributed by atoms with Crippen LogP contribution in [0.25, 0.3) is 98.3 Å². The fraction of sp³-hybridized carbons (Fsp3) is 0. The van der Waals surface area contributed by atoms with Crippen molar-refractivity contribution in [2.24, 2.45) is 0 Å². The summed E-state index contributed by atoms with van der Waals surface area (Å²) in [6.45, 7) is 0. The Bertz CT molecular complexity index is 2910. The molecule has 4 nitrogen and oxygen atoms in total. The summed E-state index contributed by atoms with van der Waals surface area (Å²) in [5.74, 6) is 0. The molecule has 0 fully saturated rings. The van der Waals surface area contributed by atoms with Gasteiger partial charge in [-0.3, -0.25) is 9.97 Å².